The standard InChI is InChI=1S/C29H21N3/c1-29(2)27-19-8-4-3-7-18(19)11-12-20(27)21-13-14-24-26(28(21)29)22-9-5-6-10-23(22)32(24)25-15-16-30-17-31-25/h3-17H,1-2H3. The van der Waals surface area contributed by atoms with Crippen molar-refractivity contribution >= 4 is 32.6 Å². The number of aromatic nitrogens is 3. The van der Waals surface area contributed by atoms with Crippen LogP contribution in [0.15, 0.2) is 91.4 Å². The van der Waals surface area contributed by atoms with Crippen molar-refractivity contribution in [1.82, 2.24) is 14.5 Å². The first-order chi connectivity index (χ1) is 15.7. The zero-order valence-corrected chi connectivity index (χ0v) is 18.0. The van der Waals surface area contributed by atoms with Gasteiger partial charge in [-0.3, -0.25) is 4.57 Å². The molecule has 0 saturated heterocycles. The molecule has 32 heavy (non-hydrogen) atoms. The van der Waals surface area contributed by atoms with Gasteiger partial charge in [0.2, 0.25) is 0 Å². The minimum absolute atomic E-state index is 0.119. The fraction of sp³-hybridized carbons (Fsp3) is 0.103. The van der Waals surface area contributed by atoms with Crippen LogP contribution in [-0.2, 0) is 5.41 Å². The van der Waals surface area contributed by atoms with Crippen molar-refractivity contribution in [1.29, 1.82) is 0 Å². The van der Waals surface area contributed by atoms with E-state index < -0.39 is 0 Å². The van der Waals surface area contributed by atoms with E-state index in [1.54, 1.807) is 6.33 Å². The van der Waals surface area contributed by atoms with Crippen LogP contribution < -0.4 is 0 Å². The van der Waals surface area contributed by atoms with Gasteiger partial charge >= 0.3 is 0 Å². The van der Waals surface area contributed by atoms with Crippen molar-refractivity contribution in [2.45, 2.75) is 19.3 Å². The molecule has 0 unspecified atom stereocenters. The van der Waals surface area contributed by atoms with Gasteiger partial charge < -0.3 is 0 Å². The summed E-state index contributed by atoms with van der Waals surface area (Å²) in [6, 6.07) is 28.5. The second kappa shape index (κ2) is 6.04. The van der Waals surface area contributed by atoms with Crippen molar-refractivity contribution in [2.75, 3.05) is 0 Å². The molecule has 0 aliphatic heterocycles. The van der Waals surface area contributed by atoms with Crippen LogP contribution in [0.2, 0.25) is 0 Å². The summed E-state index contributed by atoms with van der Waals surface area (Å²) in [4.78, 5) is 8.71. The molecule has 1 aliphatic rings. The number of fused-ring (bicyclic) bond motifs is 9. The molecular weight excluding hydrogens is 390 g/mol. The van der Waals surface area contributed by atoms with E-state index in [2.05, 4.69) is 101 Å². The summed E-state index contributed by atoms with van der Waals surface area (Å²) in [6.45, 7) is 4.75. The van der Waals surface area contributed by atoms with Gasteiger partial charge in [0.25, 0.3) is 0 Å². The highest BCUT2D eigenvalue weighted by molar-refractivity contribution is 6.15. The average Bonchev–Trinajstić information content (AvgIpc) is 3.29. The predicted octanol–water partition coefficient (Wildman–Crippen LogP) is 7.03. The Kier molecular flexibility index (Phi) is 3.34. The summed E-state index contributed by atoms with van der Waals surface area (Å²) < 4.78 is 2.27. The van der Waals surface area contributed by atoms with E-state index in [4.69, 9.17) is 0 Å². The van der Waals surface area contributed by atoms with Gasteiger partial charge in [-0.25, -0.2) is 9.97 Å². The lowest BCUT2D eigenvalue weighted by Gasteiger charge is -2.24. The second-order valence-electron chi connectivity index (χ2n) is 9.14. The van der Waals surface area contributed by atoms with Crippen LogP contribution >= 0.6 is 0 Å². The molecule has 3 nitrogen and oxygen atoms in total. The molecule has 7 rings (SSSR count). The van der Waals surface area contributed by atoms with Gasteiger partial charge in [-0.1, -0.05) is 74.5 Å². The summed E-state index contributed by atoms with van der Waals surface area (Å²) in [5, 5.41) is 5.23. The molecular formula is C29H21N3. The molecule has 3 heteroatoms. The number of rotatable bonds is 1. The van der Waals surface area contributed by atoms with Crippen LogP contribution in [0.1, 0.15) is 25.0 Å². The zero-order valence-electron chi connectivity index (χ0n) is 18.0. The van der Waals surface area contributed by atoms with Crippen molar-refractivity contribution < 1.29 is 0 Å². The van der Waals surface area contributed by atoms with Crippen molar-refractivity contribution in [3.05, 3.63) is 103 Å². The van der Waals surface area contributed by atoms with E-state index in [-0.39, 0.29) is 5.41 Å². The van der Waals surface area contributed by atoms with Gasteiger partial charge in [-0.2, -0.15) is 0 Å². The minimum Gasteiger partial charge on any atom is -0.294 e. The van der Waals surface area contributed by atoms with E-state index in [0.29, 0.717) is 0 Å². The summed E-state index contributed by atoms with van der Waals surface area (Å²) in [6.07, 6.45) is 3.43. The normalized spacial score (nSPS) is 14.2. The molecule has 0 bridgehead atoms. The highest BCUT2D eigenvalue weighted by Gasteiger charge is 2.39. The number of nitrogens with zero attached hydrogens (tertiary/aromatic N) is 3. The summed E-state index contributed by atoms with van der Waals surface area (Å²) >= 11 is 0. The van der Waals surface area contributed by atoms with Crippen LogP contribution in [0, 0.1) is 0 Å². The maximum Gasteiger partial charge on any atom is 0.140 e. The van der Waals surface area contributed by atoms with Gasteiger partial charge in [0.1, 0.15) is 12.1 Å². The second-order valence-corrected chi connectivity index (χ2v) is 9.14. The van der Waals surface area contributed by atoms with Gasteiger partial charge in [0, 0.05) is 22.4 Å². The average molecular weight is 412 g/mol. The molecule has 0 amide bonds. The van der Waals surface area contributed by atoms with Crippen LogP contribution in [0.4, 0.5) is 0 Å². The Bertz CT molecular complexity index is 1690. The van der Waals surface area contributed by atoms with Crippen LogP contribution in [0.5, 0.6) is 0 Å². The highest BCUT2D eigenvalue weighted by atomic mass is 15.1. The Hall–Kier alpha value is -3.98. The Morgan fingerprint density at radius 2 is 1.44 bits per heavy atom. The van der Waals surface area contributed by atoms with Crippen LogP contribution in [0.3, 0.4) is 0 Å². The lowest BCUT2D eigenvalue weighted by molar-refractivity contribution is 0.672. The Labute approximate surface area is 186 Å². The van der Waals surface area contributed by atoms with Crippen molar-refractivity contribution in [3.8, 4) is 16.9 Å². The topological polar surface area (TPSA) is 30.7 Å². The van der Waals surface area contributed by atoms with Crippen LogP contribution in [-0.4, -0.2) is 14.5 Å². The van der Waals surface area contributed by atoms with E-state index in [1.807, 2.05) is 12.3 Å². The maximum absolute atomic E-state index is 4.58. The fourth-order valence-corrected chi connectivity index (χ4v) is 5.89. The van der Waals surface area contributed by atoms with Gasteiger partial charge in [0.15, 0.2) is 0 Å². The largest absolute Gasteiger partial charge is 0.294 e. The molecule has 4 aromatic carbocycles. The summed E-state index contributed by atoms with van der Waals surface area (Å²) in [5.41, 5.74) is 7.77. The molecule has 1 aliphatic carbocycles. The molecule has 0 saturated carbocycles. The molecule has 0 radical (unpaired) electrons. The van der Waals surface area contributed by atoms with E-state index in [1.165, 1.54) is 54.8 Å². The minimum atomic E-state index is -0.119. The maximum atomic E-state index is 4.58. The van der Waals surface area contributed by atoms with Gasteiger partial charge in [-0.15, -0.1) is 0 Å². The first-order valence-corrected chi connectivity index (χ1v) is 11.0. The monoisotopic (exact) mass is 411 g/mol. The molecule has 2 heterocycles. The third-order valence-corrected chi connectivity index (χ3v) is 7.10. The molecule has 0 atom stereocenters. The quantitative estimate of drug-likeness (QED) is 0.291. The first-order valence-electron chi connectivity index (χ1n) is 11.0. The zero-order chi connectivity index (χ0) is 21.4. The van der Waals surface area contributed by atoms with Gasteiger partial charge in [-0.05, 0) is 51.2 Å². The number of hydrogen-bond acceptors (Lipinski definition) is 2. The molecule has 2 aromatic heterocycles. The highest BCUT2D eigenvalue weighted by Crippen LogP contribution is 2.55. The Morgan fingerprint density at radius 1 is 0.688 bits per heavy atom. The number of hydrogen-bond donors (Lipinski definition) is 0. The smallest absolute Gasteiger partial charge is 0.140 e. The Balaban J connectivity index is 1.67. The number of para-hydroxylation sites is 1. The number of benzene rings is 4. The van der Waals surface area contributed by atoms with Crippen molar-refractivity contribution in [2.24, 2.45) is 0 Å². The third-order valence-electron chi connectivity index (χ3n) is 7.10. The molecule has 0 spiro atoms. The van der Waals surface area contributed by atoms with E-state index in [0.717, 1.165) is 5.82 Å². The first kappa shape index (κ1) is 17.7. The lowest BCUT2D eigenvalue weighted by atomic mass is 9.78. The van der Waals surface area contributed by atoms with E-state index >= 15 is 0 Å². The molecule has 0 fully saturated rings. The molecule has 152 valence electrons. The predicted molar refractivity (Wildman–Crippen MR) is 131 cm³/mol. The third kappa shape index (κ3) is 2.10. The SMILES string of the molecule is CC1(C)c2c(ccc3ccccc23)-c2ccc3c(c21)c1ccccc1n3-c1ccncn1. The lowest BCUT2D eigenvalue weighted by Crippen LogP contribution is -2.16. The molecule has 0 N–H and O–H groups in total. The van der Waals surface area contributed by atoms with Crippen molar-refractivity contribution in [3.63, 3.8) is 0 Å². The summed E-state index contributed by atoms with van der Waals surface area (Å²) in [5.74, 6) is 0.893. The fourth-order valence-electron chi connectivity index (χ4n) is 5.89. The van der Waals surface area contributed by atoms with Gasteiger partial charge in [0.05, 0.1) is 11.0 Å². The van der Waals surface area contributed by atoms with E-state index in [9.17, 15) is 0 Å². The Morgan fingerprint density at radius 3 is 2.28 bits per heavy atom. The summed E-state index contributed by atoms with van der Waals surface area (Å²) in [7, 11) is 0. The molecule has 6 aromatic rings. The van der Waals surface area contributed by atoms with Crippen LogP contribution in [0.25, 0.3) is 49.5 Å².